The van der Waals surface area contributed by atoms with Crippen LogP contribution in [0.3, 0.4) is 0 Å². The van der Waals surface area contributed by atoms with Crippen molar-refractivity contribution in [2.45, 2.75) is 26.7 Å². The van der Waals surface area contributed by atoms with Crippen molar-refractivity contribution in [1.82, 2.24) is 9.97 Å². The van der Waals surface area contributed by atoms with Crippen LogP contribution >= 0.6 is 0 Å². The van der Waals surface area contributed by atoms with Crippen LogP contribution in [0.5, 0.6) is 0 Å². The third kappa shape index (κ3) is 2.10. The normalized spacial score (nSPS) is 11.4. The lowest BCUT2D eigenvalue weighted by Crippen LogP contribution is -1.94. The van der Waals surface area contributed by atoms with Gasteiger partial charge >= 0.3 is 0 Å². The van der Waals surface area contributed by atoms with Gasteiger partial charge in [-0.15, -0.1) is 0 Å². The molecule has 0 saturated heterocycles. The molecule has 0 saturated carbocycles. The molecule has 2 nitrogen and oxygen atoms in total. The van der Waals surface area contributed by atoms with Gasteiger partial charge in [-0.2, -0.15) is 0 Å². The number of hydrogen-bond donors (Lipinski definition) is 2. The maximum atomic E-state index is 4.52. The molecule has 0 unspecified atom stereocenters. The third-order valence-electron chi connectivity index (χ3n) is 4.88. The lowest BCUT2D eigenvalue weighted by Gasteiger charge is -2.09. The molecular formula is C22H22N2. The molecule has 2 aromatic heterocycles. The first-order valence-electron chi connectivity index (χ1n) is 8.63. The second kappa shape index (κ2) is 5.72. The van der Waals surface area contributed by atoms with E-state index in [1.54, 1.807) is 0 Å². The number of aromatic amines is 2. The summed E-state index contributed by atoms with van der Waals surface area (Å²) in [7, 11) is 0. The van der Waals surface area contributed by atoms with Gasteiger partial charge in [0.25, 0.3) is 0 Å². The van der Waals surface area contributed by atoms with Crippen LogP contribution in [0.2, 0.25) is 0 Å². The fourth-order valence-electron chi connectivity index (χ4n) is 3.74. The topological polar surface area (TPSA) is 31.6 Å². The van der Waals surface area contributed by atoms with E-state index in [-0.39, 0.29) is 0 Å². The molecule has 0 aliphatic rings. The molecule has 0 radical (unpaired) electrons. The number of rotatable bonds is 4. The van der Waals surface area contributed by atoms with Crippen molar-refractivity contribution in [3.05, 3.63) is 77.6 Å². The first-order valence-corrected chi connectivity index (χ1v) is 8.63. The van der Waals surface area contributed by atoms with Crippen LogP contribution in [-0.4, -0.2) is 9.97 Å². The van der Waals surface area contributed by atoms with Gasteiger partial charge in [0, 0.05) is 44.3 Å². The molecule has 2 heteroatoms. The molecule has 0 fully saturated rings. The number of H-pyrrole nitrogens is 2. The smallest absolute Gasteiger partial charge is 0.0462 e. The quantitative estimate of drug-likeness (QED) is 0.474. The van der Waals surface area contributed by atoms with Gasteiger partial charge in [0.2, 0.25) is 0 Å². The minimum Gasteiger partial charge on any atom is -0.358 e. The summed E-state index contributed by atoms with van der Waals surface area (Å²) in [5.74, 6) is 0. The number of hydrogen-bond acceptors (Lipinski definition) is 0. The fraction of sp³-hybridized carbons (Fsp3) is 0.182. The Morgan fingerprint density at radius 1 is 0.750 bits per heavy atom. The van der Waals surface area contributed by atoms with Gasteiger partial charge in [-0.25, -0.2) is 0 Å². The van der Waals surface area contributed by atoms with E-state index < -0.39 is 0 Å². The zero-order valence-corrected chi connectivity index (χ0v) is 14.2. The van der Waals surface area contributed by atoms with E-state index in [0.717, 1.165) is 18.4 Å². The monoisotopic (exact) mass is 314 g/mol. The molecule has 2 aromatic carbocycles. The number of aryl methyl sites for hydroxylation is 2. The largest absolute Gasteiger partial charge is 0.358 e. The second-order valence-corrected chi connectivity index (χ2v) is 6.23. The summed E-state index contributed by atoms with van der Waals surface area (Å²) in [5, 5.41) is 2.51. The Balaban J connectivity index is 2.01. The minimum absolute atomic E-state index is 0.965. The summed E-state index contributed by atoms with van der Waals surface area (Å²) < 4.78 is 0. The van der Waals surface area contributed by atoms with Crippen molar-refractivity contribution in [3.63, 3.8) is 0 Å². The SMILES string of the molecule is C=C(c1c(CC)[nH]c2ccccc12)c1c(CC)[nH]c2ccccc12. The molecule has 0 aliphatic heterocycles. The second-order valence-electron chi connectivity index (χ2n) is 6.23. The molecule has 120 valence electrons. The number of para-hydroxylation sites is 2. The van der Waals surface area contributed by atoms with Crippen molar-refractivity contribution in [2.24, 2.45) is 0 Å². The van der Waals surface area contributed by atoms with Crippen molar-refractivity contribution in [1.29, 1.82) is 0 Å². The average molecular weight is 314 g/mol. The molecule has 2 N–H and O–H groups in total. The molecule has 4 rings (SSSR count). The Hall–Kier alpha value is -2.74. The Bertz CT molecular complexity index is 962. The lowest BCUT2D eigenvalue weighted by molar-refractivity contribution is 1.06. The number of fused-ring (bicyclic) bond motifs is 2. The van der Waals surface area contributed by atoms with Gasteiger partial charge in [0.15, 0.2) is 0 Å². The van der Waals surface area contributed by atoms with Crippen molar-refractivity contribution < 1.29 is 0 Å². The summed E-state index contributed by atoms with van der Waals surface area (Å²) in [5.41, 5.74) is 8.51. The van der Waals surface area contributed by atoms with Crippen LogP contribution in [0.4, 0.5) is 0 Å². The highest BCUT2D eigenvalue weighted by atomic mass is 14.7. The minimum atomic E-state index is 0.965. The van der Waals surface area contributed by atoms with Gasteiger partial charge in [-0.05, 0) is 30.5 Å². The van der Waals surface area contributed by atoms with E-state index in [9.17, 15) is 0 Å². The fourth-order valence-corrected chi connectivity index (χ4v) is 3.74. The van der Waals surface area contributed by atoms with Crippen LogP contribution in [0, 0.1) is 0 Å². The summed E-state index contributed by atoms with van der Waals surface area (Å²) in [6.45, 7) is 8.90. The average Bonchev–Trinajstić information content (AvgIpc) is 3.18. The van der Waals surface area contributed by atoms with Crippen LogP contribution < -0.4 is 0 Å². The molecule has 0 atom stereocenters. The van der Waals surface area contributed by atoms with E-state index in [1.807, 2.05) is 0 Å². The Kier molecular flexibility index (Phi) is 3.53. The van der Waals surface area contributed by atoms with E-state index in [1.165, 1.54) is 44.3 Å². The highest BCUT2D eigenvalue weighted by Gasteiger charge is 2.19. The van der Waals surface area contributed by atoms with Gasteiger partial charge in [-0.3, -0.25) is 0 Å². The van der Waals surface area contributed by atoms with E-state index in [0.29, 0.717) is 0 Å². The summed E-state index contributed by atoms with van der Waals surface area (Å²) >= 11 is 0. The Morgan fingerprint density at radius 2 is 1.17 bits per heavy atom. The molecule has 0 amide bonds. The summed E-state index contributed by atoms with van der Waals surface area (Å²) in [6.07, 6.45) is 1.93. The van der Waals surface area contributed by atoms with Crippen LogP contribution in [0.1, 0.15) is 36.4 Å². The molecule has 0 bridgehead atoms. The number of benzene rings is 2. The highest BCUT2D eigenvalue weighted by Crippen LogP contribution is 2.37. The van der Waals surface area contributed by atoms with Crippen molar-refractivity contribution >= 4 is 27.4 Å². The number of aromatic nitrogens is 2. The number of nitrogens with one attached hydrogen (secondary N) is 2. The van der Waals surface area contributed by atoms with Gasteiger partial charge < -0.3 is 9.97 Å². The first-order chi connectivity index (χ1) is 11.7. The van der Waals surface area contributed by atoms with Crippen LogP contribution in [0.25, 0.3) is 27.4 Å². The van der Waals surface area contributed by atoms with Crippen molar-refractivity contribution in [2.75, 3.05) is 0 Å². The molecular weight excluding hydrogens is 292 g/mol. The Labute approximate surface area is 142 Å². The first kappa shape index (κ1) is 14.8. The zero-order valence-electron chi connectivity index (χ0n) is 14.2. The van der Waals surface area contributed by atoms with E-state index in [4.69, 9.17) is 0 Å². The van der Waals surface area contributed by atoms with Gasteiger partial charge in [0.05, 0.1) is 0 Å². The third-order valence-corrected chi connectivity index (χ3v) is 4.88. The Morgan fingerprint density at radius 3 is 1.58 bits per heavy atom. The van der Waals surface area contributed by atoms with E-state index in [2.05, 4.69) is 78.9 Å². The maximum absolute atomic E-state index is 4.52. The molecule has 4 aromatic rings. The summed E-state index contributed by atoms with van der Waals surface area (Å²) in [4.78, 5) is 7.14. The van der Waals surface area contributed by atoms with Crippen LogP contribution in [0.15, 0.2) is 55.1 Å². The highest BCUT2D eigenvalue weighted by molar-refractivity contribution is 6.04. The van der Waals surface area contributed by atoms with Crippen molar-refractivity contribution in [3.8, 4) is 0 Å². The molecule has 0 spiro atoms. The maximum Gasteiger partial charge on any atom is 0.0462 e. The molecule has 2 heterocycles. The molecule has 0 aliphatic carbocycles. The van der Waals surface area contributed by atoms with Gasteiger partial charge in [-0.1, -0.05) is 56.8 Å². The lowest BCUT2D eigenvalue weighted by atomic mass is 9.93. The van der Waals surface area contributed by atoms with Crippen LogP contribution in [-0.2, 0) is 12.8 Å². The van der Waals surface area contributed by atoms with E-state index >= 15 is 0 Å². The summed E-state index contributed by atoms with van der Waals surface area (Å²) in [6, 6.07) is 17.0. The predicted molar refractivity (Wildman–Crippen MR) is 103 cm³/mol. The molecule has 24 heavy (non-hydrogen) atoms. The predicted octanol–water partition coefficient (Wildman–Crippen LogP) is 5.84. The standard InChI is InChI=1S/C22H22N2/c1-4-17-21(15-10-6-8-12-19(15)23-17)14(3)22-16-11-7-9-13-20(16)24-18(22)5-2/h6-13,23-24H,3-5H2,1-2H3. The van der Waals surface area contributed by atoms with Gasteiger partial charge in [0.1, 0.15) is 0 Å². The zero-order chi connectivity index (χ0) is 16.7.